The Balaban J connectivity index is 1.64. The number of nitrogens with one attached hydrogen (secondary N) is 1. The van der Waals surface area contributed by atoms with Gasteiger partial charge >= 0.3 is 0 Å². The van der Waals surface area contributed by atoms with Crippen LogP contribution in [0.1, 0.15) is 17.2 Å². The number of sulfonamides is 1. The molecule has 1 atom stereocenters. The normalized spacial score (nSPS) is 17.7. The molecular weight excluding hydrogens is 371 g/mol. The van der Waals surface area contributed by atoms with Gasteiger partial charge in [0.25, 0.3) is 0 Å². The van der Waals surface area contributed by atoms with Crippen molar-refractivity contribution in [3.05, 3.63) is 65.5 Å². The number of ether oxygens (including phenoxy) is 1. The largest absolute Gasteiger partial charge is 0.370 e. The van der Waals surface area contributed by atoms with Gasteiger partial charge in [0.15, 0.2) is 0 Å². The molecule has 3 rings (SSSR count). The number of hydrogen-bond donors (Lipinski definition) is 1. The molecule has 0 radical (unpaired) electrons. The number of rotatable bonds is 5. The van der Waals surface area contributed by atoms with Gasteiger partial charge in [0.2, 0.25) is 15.9 Å². The molecule has 1 amide bonds. The van der Waals surface area contributed by atoms with E-state index in [-0.39, 0.29) is 23.5 Å². The lowest BCUT2D eigenvalue weighted by Gasteiger charge is -2.33. The van der Waals surface area contributed by atoms with Crippen LogP contribution in [-0.2, 0) is 19.6 Å². The van der Waals surface area contributed by atoms with Gasteiger partial charge in [-0.1, -0.05) is 36.4 Å². The highest BCUT2D eigenvalue weighted by Crippen LogP contribution is 2.22. The Labute approximate surface area is 158 Å². The van der Waals surface area contributed by atoms with E-state index in [1.807, 2.05) is 30.3 Å². The zero-order valence-corrected chi connectivity index (χ0v) is 15.7. The van der Waals surface area contributed by atoms with Crippen molar-refractivity contribution in [3.63, 3.8) is 0 Å². The molecule has 1 aliphatic heterocycles. The molecule has 0 bridgehead atoms. The van der Waals surface area contributed by atoms with Crippen molar-refractivity contribution in [1.29, 1.82) is 0 Å². The Kier molecular flexibility index (Phi) is 5.88. The highest BCUT2D eigenvalue weighted by molar-refractivity contribution is 7.89. The zero-order valence-electron chi connectivity index (χ0n) is 14.9. The zero-order chi connectivity index (χ0) is 19.4. The van der Waals surface area contributed by atoms with Gasteiger partial charge in [-0.3, -0.25) is 4.79 Å². The third-order valence-electron chi connectivity index (χ3n) is 4.44. The van der Waals surface area contributed by atoms with Gasteiger partial charge < -0.3 is 9.64 Å². The number of nitrogens with zero attached hydrogens (tertiary/aromatic N) is 1. The van der Waals surface area contributed by atoms with E-state index < -0.39 is 15.8 Å². The van der Waals surface area contributed by atoms with Crippen LogP contribution in [0.3, 0.4) is 0 Å². The Morgan fingerprint density at radius 1 is 1.26 bits per heavy atom. The number of amides is 1. The predicted molar refractivity (Wildman–Crippen MR) is 98.0 cm³/mol. The summed E-state index contributed by atoms with van der Waals surface area (Å²) >= 11 is 0. The van der Waals surface area contributed by atoms with E-state index >= 15 is 0 Å². The molecule has 0 aromatic heterocycles. The van der Waals surface area contributed by atoms with Crippen molar-refractivity contribution in [2.24, 2.45) is 0 Å². The first-order valence-corrected chi connectivity index (χ1v) is 10.1. The van der Waals surface area contributed by atoms with Crippen LogP contribution in [0.4, 0.5) is 4.39 Å². The van der Waals surface area contributed by atoms with Crippen LogP contribution in [0.25, 0.3) is 0 Å². The van der Waals surface area contributed by atoms with Crippen molar-refractivity contribution < 1.29 is 22.3 Å². The molecular formula is C19H21FN2O4S. The molecule has 144 valence electrons. The maximum absolute atomic E-state index is 13.4. The van der Waals surface area contributed by atoms with Crippen LogP contribution in [0.5, 0.6) is 0 Å². The highest BCUT2D eigenvalue weighted by atomic mass is 32.2. The number of carbonyl (C=O) groups excluding carboxylic acids is 1. The molecule has 0 spiro atoms. The SMILES string of the molecule is Cc1ccc(F)cc1S(=O)(=O)NCC(=O)N1CCOC(c2ccccc2)C1. The summed E-state index contributed by atoms with van der Waals surface area (Å²) in [5.41, 5.74) is 1.37. The summed E-state index contributed by atoms with van der Waals surface area (Å²) in [6, 6.07) is 13.1. The van der Waals surface area contributed by atoms with Gasteiger partial charge in [-0.15, -0.1) is 0 Å². The fourth-order valence-corrected chi connectivity index (χ4v) is 4.18. The molecule has 6 nitrogen and oxygen atoms in total. The topological polar surface area (TPSA) is 75.7 Å². The average molecular weight is 392 g/mol. The molecule has 2 aromatic carbocycles. The maximum atomic E-state index is 13.4. The van der Waals surface area contributed by atoms with Crippen LogP contribution in [0.2, 0.25) is 0 Å². The summed E-state index contributed by atoms with van der Waals surface area (Å²) in [5, 5.41) is 0. The summed E-state index contributed by atoms with van der Waals surface area (Å²) in [6.07, 6.45) is -0.244. The fourth-order valence-electron chi connectivity index (χ4n) is 2.95. The summed E-state index contributed by atoms with van der Waals surface area (Å²) < 4.78 is 46.2. The van der Waals surface area contributed by atoms with Crippen LogP contribution >= 0.6 is 0 Å². The molecule has 2 aromatic rings. The minimum absolute atomic E-state index is 0.167. The standard InChI is InChI=1S/C19H21FN2O4S/c1-14-7-8-16(20)11-18(14)27(24,25)21-12-19(23)22-9-10-26-17(13-22)15-5-3-2-4-6-15/h2-8,11,17,21H,9-10,12-13H2,1H3. The number of morpholine rings is 1. The second kappa shape index (κ2) is 8.16. The van der Waals surface area contributed by atoms with Gasteiger partial charge in [-0.05, 0) is 30.2 Å². The average Bonchev–Trinajstić information content (AvgIpc) is 2.69. The van der Waals surface area contributed by atoms with Crippen molar-refractivity contribution in [3.8, 4) is 0 Å². The number of halogens is 1. The molecule has 1 N–H and O–H groups in total. The van der Waals surface area contributed by atoms with E-state index in [1.54, 1.807) is 11.8 Å². The Bertz CT molecular complexity index is 919. The monoisotopic (exact) mass is 392 g/mol. The molecule has 1 heterocycles. The molecule has 1 fully saturated rings. The predicted octanol–water partition coefficient (Wildman–Crippen LogP) is 2.01. The molecule has 1 aliphatic rings. The Morgan fingerprint density at radius 3 is 2.74 bits per heavy atom. The van der Waals surface area contributed by atoms with E-state index in [4.69, 9.17) is 4.74 Å². The highest BCUT2D eigenvalue weighted by Gasteiger charge is 2.26. The van der Waals surface area contributed by atoms with Crippen LogP contribution in [0, 0.1) is 12.7 Å². The number of hydrogen-bond acceptors (Lipinski definition) is 4. The van der Waals surface area contributed by atoms with Crippen LogP contribution in [0.15, 0.2) is 53.4 Å². The minimum atomic E-state index is -3.98. The van der Waals surface area contributed by atoms with Gasteiger partial charge in [0.1, 0.15) is 11.9 Å². The van der Waals surface area contributed by atoms with Crippen molar-refractivity contribution >= 4 is 15.9 Å². The lowest BCUT2D eigenvalue weighted by Crippen LogP contribution is -2.46. The van der Waals surface area contributed by atoms with Crippen LogP contribution < -0.4 is 4.72 Å². The summed E-state index contributed by atoms with van der Waals surface area (Å²) in [7, 11) is -3.98. The molecule has 1 unspecified atom stereocenters. The first-order valence-electron chi connectivity index (χ1n) is 8.57. The summed E-state index contributed by atoms with van der Waals surface area (Å²) in [4.78, 5) is 13.9. The molecule has 1 saturated heterocycles. The molecule has 27 heavy (non-hydrogen) atoms. The van der Waals surface area contributed by atoms with Crippen molar-refractivity contribution in [1.82, 2.24) is 9.62 Å². The van der Waals surface area contributed by atoms with Gasteiger partial charge in [0, 0.05) is 6.54 Å². The lowest BCUT2D eigenvalue weighted by atomic mass is 10.1. The first-order chi connectivity index (χ1) is 12.9. The van der Waals surface area contributed by atoms with E-state index in [0.29, 0.717) is 25.3 Å². The maximum Gasteiger partial charge on any atom is 0.241 e. The summed E-state index contributed by atoms with van der Waals surface area (Å²) in [6.45, 7) is 2.30. The molecule has 0 saturated carbocycles. The third kappa shape index (κ3) is 4.71. The van der Waals surface area contributed by atoms with Crippen molar-refractivity contribution in [2.75, 3.05) is 26.2 Å². The van der Waals surface area contributed by atoms with E-state index in [0.717, 1.165) is 11.6 Å². The van der Waals surface area contributed by atoms with Crippen molar-refractivity contribution in [2.45, 2.75) is 17.9 Å². The second-order valence-corrected chi connectivity index (χ2v) is 8.08. The Hall–Kier alpha value is -2.29. The van der Waals surface area contributed by atoms with Gasteiger partial charge in [-0.2, -0.15) is 0 Å². The second-order valence-electron chi connectivity index (χ2n) is 6.34. The number of carbonyl (C=O) groups is 1. The first kappa shape index (κ1) is 19.5. The van der Waals surface area contributed by atoms with E-state index in [2.05, 4.69) is 4.72 Å². The smallest absolute Gasteiger partial charge is 0.241 e. The fraction of sp³-hybridized carbons (Fsp3) is 0.316. The summed E-state index contributed by atoms with van der Waals surface area (Å²) in [5.74, 6) is -0.997. The van der Waals surface area contributed by atoms with E-state index in [9.17, 15) is 17.6 Å². The van der Waals surface area contributed by atoms with E-state index in [1.165, 1.54) is 12.1 Å². The minimum Gasteiger partial charge on any atom is -0.370 e. The van der Waals surface area contributed by atoms with Gasteiger partial charge in [0.05, 0.1) is 24.6 Å². The number of benzene rings is 2. The number of aryl methyl sites for hydroxylation is 1. The molecule has 0 aliphatic carbocycles. The lowest BCUT2D eigenvalue weighted by molar-refractivity contribution is -0.137. The quantitative estimate of drug-likeness (QED) is 0.845. The van der Waals surface area contributed by atoms with Crippen LogP contribution in [-0.4, -0.2) is 45.5 Å². The molecule has 8 heteroatoms. The third-order valence-corrected chi connectivity index (χ3v) is 5.99. The van der Waals surface area contributed by atoms with Gasteiger partial charge in [-0.25, -0.2) is 17.5 Å². The Morgan fingerprint density at radius 2 is 2.00 bits per heavy atom.